The third kappa shape index (κ3) is 1.44. The van der Waals surface area contributed by atoms with Gasteiger partial charge in [-0.25, -0.2) is 4.79 Å². The van der Waals surface area contributed by atoms with Crippen LogP contribution in [-0.4, -0.2) is 31.4 Å². The number of carboxylic acid groups (broad SMARTS) is 1. The van der Waals surface area contributed by atoms with Crippen LogP contribution in [0.2, 0.25) is 0 Å². The molecule has 82 valence electrons. The van der Waals surface area contributed by atoms with Crippen LogP contribution < -0.4 is 0 Å². The molecule has 7 nitrogen and oxygen atoms in total. The zero-order chi connectivity index (χ0) is 11.7. The van der Waals surface area contributed by atoms with Gasteiger partial charge in [0.05, 0.1) is 5.56 Å². The Morgan fingerprint density at radius 3 is 2.56 bits per heavy atom. The maximum atomic E-state index is 10.7. The number of aromatic hydroxyl groups is 2. The van der Waals surface area contributed by atoms with Gasteiger partial charge in [0, 0.05) is 0 Å². The topological polar surface area (TPSA) is 117 Å². The Morgan fingerprint density at radius 1 is 1.25 bits per heavy atom. The molecule has 7 heteroatoms. The summed E-state index contributed by atoms with van der Waals surface area (Å²) in [6, 6.07) is 2.42. The summed E-state index contributed by atoms with van der Waals surface area (Å²) in [7, 11) is 0. The summed E-state index contributed by atoms with van der Waals surface area (Å²) in [6.07, 6.45) is 1.05. The van der Waals surface area contributed by atoms with Gasteiger partial charge in [-0.2, -0.15) is 4.98 Å². The summed E-state index contributed by atoms with van der Waals surface area (Å²) in [5, 5.41) is 31.1. The molecule has 1 aromatic carbocycles. The second-order valence-corrected chi connectivity index (χ2v) is 2.92. The highest BCUT2D eigenvalue weighted by atomic mass is 16.5. The maximum Gasteiger partial charge on any atom is 0.339 e. The number of rotatable bonds is 2. The lowest BCUT2D eigenvalue weighted by molar-refractivity contribution is 0.0693. The van der Waals surface area contributed by atoms with Crippen molar-refractivity contribution in [3.8, 4) is 22.9 Å². The van der Waals surface area contributed by atoms with Crippen molar-refractivity contribution in [3.05, 3.63) is 24.1 Å². The molecule has 2 rings (SSSR count). The lowest BCUT2D eigenvalue weighted by atomic mass is 10.1. The average molecular weight is 222 g/mol. The van der Waals surface area contributed by atoms with Crippen LogP contribution in [0.15, 0.2) is 23.0 Å². The molecular weight excluding hydrogens is 216 g/mol. The fraction of sp³-hybridized carbons (Fsp3) is 0. The van der Waals surface area contributed by atoms with E-state index in [-0.39, 0.29) is 11.4 Å². The van der Waals surface area contributed by atoms with E-state index in [4.69, 9.17) is 5.11 Å². The maximum absolute atomic E-state index is 10.7. The average Bonchev–Trinajstić information content (AvgIpc) is 2.74. The number of carboxylic acids is 1. The molecular formula is C9H6N2O5. The second-order valence-electron chi connectivity index (χ2n) is 2.92. The van der Waals surface area contributed by atoms with Crippen LogP contribution in [-0.2, 0) is 0 Å². The van der Waals surface area contributed by atoms with Gasteiger partial charge in [-0.1, -0.05) is 5.16 Å². The molecule has 0 amide bonds. The highest BCUT2D eigenvalue weighted by molar-refractivity contribution is 5.93. The molecule has 1 aromatic heterocycles. The van der Waals surface area contributed by atoms with Gasteiger partial charge in [-0.05, 0) is 12.1 Å². The van der Waals surface area contributed by atoms with Crippen molar-refractivity contribution in [1.82, 2.24) is 10.1 Å². The summed E-state index contributed by atoms with van der Waals surface area (Å²) in [5.74, 6) is -2.60. The molecule has 1 heterocycles. The van der Waals surface area contributed by atoms with E-state index in [0.717, 1.165) is 12.5 Å². The van der Waals surface area contributed by atoms with Crippen LogP contribution in [0.5, 0.6) is 11.5 Å². The van der Waals surface area contributed by atoms with Gasteiger partial charge in [0.1, 0.15) is 5.56 Å². The molecule has 0 saturated heterocycles. The van der Waals surface area contributed by atoms with Gasteiger partial charge >= 0.3 is 5.97 Å². The fourth-order valence-corrected chi connectivity index (χ4v) is 1.22. The van der Waals surface area contributed by atoms with E-state index < -0.39 is 23.0 Å². The van der Waals surface area contributed by atoms with Crippen LogP contribution in [0.4, 0.5) is 0 Å². The number of aromatic carboxylic acids is 1. The number of benzene rings is 1. The molecule has 0 aliphatic heterocycles. The van der Waals surface area contributed by atoms with E-state index in [1.54, 1.807) is 0 Å². The predicted octanol–water partition coefficient (Wildman–Crippen LogP) is 0.846. The predicted molar refractivity (Wildman–Crippen MR) is 50.0 cm³/mol. The molecule has 0 spiro atoms. The van der Waals surface area contributed by atoms with Crippen molar-refractivity contribution in [2.75, 3.05) is 0 Å². The Morgan fingerprint density at radius 2 is 2.00 bits per heavy atom. The number of hydrogen-bond donors (Lipinski definition) is 3. The lowest BCUT2D eigenvalue weighted by Gasteiger charge is -2.04. The molecule has 0 bridgehead atoms. The van der Waals surface area contributed by atoms with Gasteiger partial charge in [-0.15, -0.1) is 0 Å². The minimum Gasteiger partial charge on any atom is -0.504 e. The number of phenolic OH excluding ortho intramolecular Hbond substituents is 1. The largest absolute Gasteiger partial charge is 0.504 e. The van der Waals surface area contributed by atoms with E-state index in [1.807, 2.05) is 0 Å². The first-order valence-corrected chi connectivity index (χ1v) is 4.16. The van der Waals surface area contributed by atoms with Crippen molar-refractivity contribution < 1.29 is 24.6 Å². The zero-order valence-electron chi connectivity index (χ0n) is 7.78. The molecule has 0 aliphatic rings. The Kier molecular flexibility index (Phi) is 2.20. The van der Waals surface area contributed by atoms with Crippen molar-refractivity contribution in [2.45, 2.75) is 0 Å². The first kappa shape index (κ1) is 9.97. The number of phenols is 2. The standard InChI is InChI=1S/C9H6N2O5/c12-6-4(8-10-3-16-11-8)1-2-5(7(6)13)9(14)15/h1-3,12-13H,(H,14,15). The van der Waals surface area contributed by atoms with E-state index in [0.29, 0.717) is 0 Å². The van der Waals surface area contributed by atoms with Gasteiger partial charge in [0.2, 0.25) is 12.2 Å². The van der Waals surface area contributed by atoms with Crippen LogP contribution in [0, 0.1) is 0 Å². The summed E-state index contributed by atoms with van der Waals surface area (Å²) in [5.41, 5.74) is -0.305. The molecule has 16 heavy (non-hydrogen) atoms. The molecule has 2 aromatic rings. The Bertz CT molecular complexity index is 535. The summed E-state index contributed by atoms with van der Waals surface area (Å²) in [6.45, 7) is 0. The quantitative estimate of drug-likeness (QED) is 0.644. The van der Waals surface area contributed by atoms with E-state index in [2.05, 4.69) is 14.7 Å². The van der Waals surface area contributed by atoms with Crippen molar-refractivity contribution in [2.24, 2.45) is 0 Å². The smallest absolute Gasteiger partial charge is 0.339 e. The molecule has 0 unspecified atom stereocenters. The SMILES string of the molecule is O=C(O)c1ccc(-c2ncon2)c(O)c1O. The fourth-order valence-electron chi connectivity index (χ4n) is 1.22. The Hall–Kier alpha value is -2.57. The van der Waals surface area contributed by atoms with Gasteiger partial charge in [0.25, 0.3) is 0 Å². The summed E-state index contributed by atoms with van der Waals surface area (Å²) in [4.78, 5) is 14.3. The molecule has 0 radical (unpaired) electrons. The second kappa shape index (κ2) is 3.54. The number of carbonyl (C=O) groups is 1. The molecule has 0 fully saturated rings. The number of nitrogens with zero attached hydrogens (tertiary/aromatic N) is 2. The van der Waals surface area contributed by atoms with Crippen LogP contribution >= 0.6 is 0 Å². The van der Waals surface area contributed by atoms with Gasteiger partial charge in [0.15, 0.2) is 11.5 Å². The Balaban J connectivity index is 2.60. The first-order chi connectivity index (χ1) is 7.61. The van der Waals surface area contributed by atoms with Crippen molar-refractivity contribution in [1.29, 1.82) is 0 Å². The summed E-state index contributed by atoms with van der Waals surface area (Å²) >= 11 is 0. The summed E-state index contributed by atoms with van der Waals surface area (Å²) < 4.78 is 4.47. The van der Waals surface area contributed by atoms with E-state index in [1.165, 1.54) is 6.07 Å². The highest BCUT2D eigenvalue weighted by Crippen LogP contribution is 2.37. The van der Waals surface area contributed by atoms with E-state index in [9.17, 15) is 15.0 Å². The molecule has 0 saturated carbocycles. The van der Waals surface area contributed by atoms with Crippen LogP contribution in [0.3, 0.4) is 0 Å². The van der Waals surface area contributed by atoms with E-state index >= 15 is 0 Å². The number of hydrogen-bond acceptors (Lipinski definition) is 6. The van der Waals surface area contributed by atoms with Crippen molar-refractivity contribution in [3.63, 3.8) is 0 Å². The highest BCUT2D eigenvalue weighted by Gasteiger charge is 2.19. The molecule has 3 N–H and O–H groups in total. The lowest BCUT2D eigenvalue weighted by Crippen LogP contribution is -1.97. The minimum absolute atomic E-state index is 0.0599. The first-order valence-electron chi connectivity index (χ1n) is 4.16. The van der Waals surface area contributed by atoms with Crippen molar-refractivity contribution >= 4 is 5.97 Å². The monoisotopic (exact) mass is 222 g/mol. The van der Waals surface area contributed by atoms with Crippen LogP contribution in [0.1, 0.15) is 10.4 Å². The number of aromatic nitrogens is 2. The van der Waals surface area contributed by atoms with Gasteiger partial charge in [-0.3, -0.25) is 0 Å². The molecule has 0 atom stereocenters. The van der Waals surface area contributed by atoms with Crippen LogP contribution in [0.25, 0.3) is 11.4 Å². The normalized spacial score (nSPS) is 10.2. The third-order valence-corrected chi connectivity index (χ3v) is 1.98. The zero-order valence-corrected chi connectivity index (χ0v) is 7.78. The van der Waals surface area contributed by atoms with Gasteiger partial charge < -0.3 is 19.8 Å². The Labute approximate surface area is 88.6 Å². The molecule has 0 aliphatic carbocycles. The minimum atomic E-state index is -1.34. The third-order valence-electron chi connectivity index (χ3n) is 1.98.